The van der Waals surface area contributed by atoms with E-state index < -0.39 is 11.8 Å². The van der Waals surface area contributed by atoms with E-state index in [2.05, 4.69) is 20.8 Å². The van der Waals surface area contributed by atoms with Crippen molar-refractivity contribution < 1.29 is 13.9 Å². The number of nitrogen functional groups attached to an aromatic ring is 1. The van der Waals surface area contributed by atoms with Crippen molar-refractivity contribution in [2.24, 2.45) is 11.3 Å². The van der Waals surface area contributed by atoms with Gasteiger partial charge in [-0.1, -0.05) is 20.8 Å². The van der Waals surface area contributed by atoms with Crippen LogP contribution in [0.1, 0.15) is 50.4 Å². The molecule has 0 heterocycles. The second-order valence-corrected chi connectivity index (χ2v) is 6.68. The predicted octanol–water partition coefficient (Wildman–Crippen LogP) is 3.78. The summed E-state index contributed by atoms with van der Waals surface area (Å²) in [6.45, 7) is 6.51. The highest BCUT2D eigenvalue weighted by atomic mass is 19.1. The second-order valence-electron chi connectivity index (χ2n) is 6.68. The Bertz CT molecular complexity index is 513. The van der Waals surface area contributed by atoms with E-state index in [-0.39, 0.29) is 17.1 Å². The monoisotopic (exact) mass is 279 g/mol. The number of carbonyl (C=O) groups is 1. The van der Waals surface area contributed by atoms with Gasteiger partial charge in [0.1, 0.15) is 11.9 Å². The van der Waals surface area contributed by atoms with E-state index in [1.807, 2.05) is 0 Å². The molecule has 1 aliphatic rings. The van der Waals surface area contributed by atoms with Crippen molar-refractivity contribution >= 4 is 11.7 Å². The summed E-state index contributed by atoms with van der Waals surface area (Å²) in [5.74, 6) is -0.719. The number of ether oxygens (including phenoxy) is 1. The molecule has 110 valence electrons. The summed E-state index contributed by atoms with van der Waals surface area (Å²) in [7, 11) is 0. The molecule has 2 atom stereocenters. The Kier molecular flexibility index (Phi) is 4.02. The summed E-state index contributed by atoms with van der Waals surface area (Å²) in [6.07, 6.45) is 2.64. The number of benzene rings is 1. The first-order chi connectivity index (χ1) is 9.27. The van der Waals surface area contributed by atoms with Crippen molar-refractivity contribution in [2.45, 2.75) is 46.1 Å². The molecular weight excluding hydrogens is 257 g/mol. The summed E-state index contributed by atoms with van der Waals surface area (Å²) >= 11 is 0. The molecule has 1 aromatic carbocycles. The molecule has 1 aromatic rings. The summed E-state index contributed by atoms with van der Waals surface area (Å²) in [4.78, 5) is 12.1. The van der Waals surface area contributed by atoms with E-state index in [9.17, 15) is 9.18 Å². The fourth-order valence-electron chi connectivity index (χ4n) is 3.26. The molecule has 0 amide bonds. The molecule has 2 N–H and O–H groups in total. The lowest BCUT2D eigenvalue weighted by atomic mass is 9.71. The lowest BCUT2D eigenvalue weighted by Crippen LogP contribution is -2.34. The first-order valence-corrected chi connectivity index (χ1v) is 7.03. The Morgan fingerprint density at radius 3 is 2.70 bits per heavy atom. The van der Waals surface area contributed by atoms with Crippen molar-refractivity contribution in [1.29, 1.82) is 0 Å². The molecule has 4 heteroatoms. The van der Waals surface area contributed by atoms with Crippen LogP contribution >= 0.6 is 0 Å². The van der Waals surface area contributed by atoms with E-state index in [1.165, 1.54) is 12.1 Å². The average Bonchev–Trinajstić information content (AvgIpc) is 2.25. The number of anilines is 1. The van der Waals surface area contributed by atoms with Gasteiger partial charge in [0, 0.05) is 5.69 Å². The van der Waals surface area contributed by atoms with Crippen molar-refractivity contribution in [3.8, 4) is 0 Å². The molecule has 0 saturated heterocycles. The molecule has 20 heavy (non-hydrogen) atoms. The van der Waals surface area contributed by atoms with Crippen LogP contribution in [0.2, 0.25) is 0 Å². The van der Waals surface area contributed by atoms with Gasteiger partial charge < -0.3 is 10.5 Å². The number of carbonyl (C=O) groups excluding carboxylic acids is 1. The normalized spacial score (nSPS) is 25.2. The van der Waals surface area contributed by atoms with Gasteiger partial charge in [0.2, 0.25) is 0 Å². The molecule has 1 saturated carbocycles. The first kappa shape index (κ1) is 14.8. The van der Waals surface area contributed by atoms with Crippen LogP contribution in [-0.2, 0) is 4.74 Å². The zero-order chi connectivity index (χ0) is 14.9. The summed E-state index contributed by atoms with van der Waals surface area (Å²) in [6, 6.07) is 4.03. The number of esters is 1. The predicted molar refractivity (Wildman–Crippen MR) is 76.8 cm³/mol. The van der Waals surface area contributed by atoms with Gasteiger partial charge in [-0.3, -0.25) is 0 Å². The van der Waals surface area contributed by atoms with Crippen LogP contribution in [0.4, 0.5) is 10.1 Å². The van der Waals surface area contributed by atoms with Crippen LogP contribution in [0.25, 0.3) is 0 Å². The second kappa shape index (κ2) is 5.43. The van der Waals surface area contributed by atoms with Crippen molar-refractivity contribution in [3.05, 3.63) is 29.6 Å². The van der Waals surface area contributed by atoms with Crippen LogP contribution < -0.4 is 5.73 Å². The smallest absolute Gasteiger partial charge is 0.341 e. The lowest BCUT2D eigenvalue weighted by Gasteiger charge is -2.38. The van der Waals surface area contributed by atoms with E-state index in [1.54, 1.807) is 0 Å². The van der Waals surface area contributed by atoms with Crippen LogP contribution in [0, 0.1) is 17.2 Å². The van der Waals surface area contributed by atoms with Crippen molar-refractivity contribution in [1.82, 2.24) is 0 Å². The largest absolute Gasteiger partial charge is 0.459 e. The van der Waals surface area contributed by atoms with E-state index in [0.717, 1.165) is 25.3 Å². The third-order valence-corrected chi connectivity index (χ3v) is 3.83. The Hall–Kier alpha value is -1.58. The third-order valence-electron chi connectivity index (χ3n) is 3.83. The fraction of sp³-hybridized carbons (Fsp3) is 0.562. The van der Waals surface area contributed by atoms with E-state index >= 15 is 0 Å². The molecule has 1 fully saturated rings. The maximum atomic E-state index is 13.7. The zero-order valence-electron chi connectivity index (χ0n) is 12.3. The summed E-state index contributed by atoms with van der Waals surface area (Å²) in [5.41, 5.74) is 5.88. The molecule has 0 radical (unpaired) electrons. The highest BCUT2D eigenvalue weighted by Crippen LogP contribution is 2.39. The van der Waals surface area contributed by atoms with Gasteiger partial charge in [0.15, 0.2) is 0 Å². The first-order valence-electron chi connectivity index (χ1n) is 7.03. The van der Waals surface area contributed by atoms with Crippen LogP contribution in [0.15, 0.2) is 18.2 Å². The molecule has 3 nitrogen and oxygen atoms in total. The number of halogens is 1. The molecule has 0 aliphatic heterocycles. The quantitative estimate of drug-likeness (QED) is 0.662. The van der Waals surface area contributed by atoms with Gasteiger partial charge in [-0.25, -0.2) is 9.18 Å². The Morgan fingerprint density at radius 1 is 1.40 bits per heavy atom. The van der Waals surface area contributed by atoms with Crippen LogP contribution in [-0.4, -0.2) is 12.1 Å². The minimum atomic E-state index is -0.627. The van der Waals surface area contributed by atoms with E-state index in [0.29, 0.717) is 11.6 Å². The Balaban J connectivity index is 2.07. The fourth-order valence-corrected chi connectivity index (χ4v) is 3.26. The molecule has 2 unspecified atom stereocenters. The minimum absolute atomic E-state index is 0.0461. The van der Waals surface area contributed by atoms with Gasteiger partial charge >= 0.3 is 5.97 Å². The average molecular weight is 279 g/mol. The van der Waals surface area contributed by atoms with Crippen molar-refractivity contribution in [3.63, 3.8) is 0 Å². The topological polar surface area (TPSA) is 52.3 Å². The van der Waals surface area contributed by atoms with Crippen LogP contribution in [0.5, 0.6) is 0 Å². The van der Waals surface area contributed by atoms with Gasteiger partial charge in [0.05, 0.1) is 5.56 Å². The molecular formula is C16H22FNO2. The molecule has 0 aromatic heterocycles. The number of hydrogen-bond donors (Lipinski definition) is 1. The maximum absolute atomic E-state index is 13.7. The van der Waals surface area contributed by atoms with Gasteiger partial charge in [-0.05, 0) is 48.8 Å². The van der Waals surface area contributed by atoms with Crippen LogP contribution in [0.3, 0.4) is 0 Å². The highest BCUT2D eigenvalue weighted by molar-refractivity contribution is 5.90. The third kappa shape index (κ3) is 3.50. The van der Waals surface area contributed by atoms with E-state index in [4.69, 9.17) is 10.5 Å². The highest BCUT2D eigenvalue weighted by Gasteiger charge is 2.34. The standard InChI is InChI=1S/C16H22FNO2/c1-10-6-12(9-16(2,3)8-10)20-15(19)13-5-4-11(18)7-14(13)17/h4-5,7,10,12H,6,8-9,18H2,1-3H3. The molecule has 2 rings (SSSR count). The molecule has 0 bridgehead atoms. The van der Waals surface area contributed by atoms with Crippen molar-refractivity contribution in [2.75, 3.05) is 5.73 Å². The number of nitrogens with two attached hydrogens (primary N) is 1. The SMILES string of the molecule is CC1CC(OC(=O)c2ccc(N)cc2F)CC(C)(C)C1. The lowest BCUT2D eigenvalue weighted by molar-refractivity contribution is -0.00750. The van der Waals surface area contributed by atoms with Gasteiger partial charge in [-0.15, -0.1) is 0 Å². The molecule has 1 aliphatic carbocycles. The van der Waals surface area contributed by atoms with Gasteiger partial charge in [0.25, 0.3) is 0 Å². The Labute approximate surface area is 119 Å². The van der Waals surface area contributed by atoms with Gasteiger partial charge in [-0.2, -0.15) is 0 Å². The summed E-state index contributed by atoms with van der Waals surface area (Å²) < 4.78 is 19.2. The molecule has 0 spiro atoms. The maximum Gasteiger partial charge on any atom is 0.341 e. The minimum Gasteiger partial charge on any atom is -0.459 e. The zero-order valence-corrected chi connectivity index (χ0v) is 12.3. The Morgan fingerprint density at radius 2 is 2.10 bits per heavy atom. The number of hydrogen-bond acceptors (Lipinski definition) is 3. The number of rotatable bonds is 2. The summed E-state index contributed by atoms with van der Waals surface area (Å²) in [5, 5.41) is 0.